The lowest BCUT2D eigenvalue weighted by Crippen LogP contribution is -2.33. The lowest BCUT2D eigenvalue weighted by molar-refractivity contribution is -0.117. The van der Waals surface area contributed by atoms with Gasteiger partial charge in [0.25, 0.3) is 5.91 Å². The normalized spacial score (nSPS) is 15.7. The van der Waals surface area contributed by atoms with Crippen LogP contribution in [0.15, 0.2) is 22.7 Å². The fourth-order valence-electron chi connectivity index (χ4n) is 1.48. The number of fused-ring (bicyclic) bond motifs is 1. The van der Waals surface area contributed by atoms with E-state index in [9.17, 15) is 9.59 Å². The third kappa shape index (κ3) is 1.74. The van der Waals surface area contributed by atoms with Crippen molar-refractivity contribution in [2.45, 2.75) is 0 Å². The van der Waals surface area contributed by atoms with Crippen LogP contribution >= 0.6 is 15.9 Å². The van der Waals surface area contributed by atoms with Crippen molar-refractivity contribution >= 4 is 33.4 Å². The first kappa shape index (κ1) is 10.2. The van der Waals surface area contributed by atoms with Gasteiger partial charge in [-0.2, -0.15) is 0 Å². The Balaban J connectivity index is 2.60. The molecule has 1 aliphatic rings. The summed E-state index contributed by atoms with van der Waals surface area (Å²) in [7, 11) is 1.66. The number of likely N-dealkylation sites (N-methyl/N-ethyl adjacent to an activating group) is 1. The molecule has 5 heteroatoms. The second-order valence-electron chi connectivity index (χ2n) is 3.30. The summed E-state index contributed by atoms with van der Waals surface area (Å²) in [6.45, 7) is 0.0433. The molecule has 1 N–H and O–H groups in total. The molecule has 2 rings (SSSR count). The van der Waals surface area contributed by atoms with Gasteiger partial charge >= 0.3 is 0 Å². The van der Waals surface area contributed by atoms with Crippen LogP contribution < -0.4 is 10.2 Å². The van der Waals surface area contributed by atoms with Gasteiger partial charge in [0, 0.05) is 11.5 Å². The zero-order valence-corrected chi connectivity index (χ0v) is 9.67. The van der Waals surface area contributed by atoms with Crippen LogP contribution in [-0.2, 0) is 4.79 Å². The fourth-order valence-corrected chi connectivity index (χ4v) is 1.83. The van der Waals surface area contributed by atoms with Gasteiger partial charge in [0.15, 0.2) is 0 Å². The smallest absolute Gasteiger partial charge is 0.253 e. The summed E-state index contributed by atoms with van der Waals surface area (Å²) in [6, 6.07) is 5.24. The van der Waals surface area contributed by atoms with Crippen LogP contribution in [0, 0.1) is 0 Å². The summed E-state index contributed by atoms with van der Waals surface area (Å²) in [5.74, 6) is -0.338. The third-order valence-corrected chi connectivity index (χ3v) is 2.83. The van der Waals surface area contributed by atoms with E-state index in [0.29, 0.717) is 11.3 Å². The molecule has 2 amide bonds. The Morgan fingerprint density at radius 2 is 2.13 bits per heavy atom. The molecule has 0 fully saturated rings. The third-order valence-electron chi connectivity index (χ3n) is 2.34. The zero-order chi connectivity index (χ0) is 11.0. The molecule has 0 saturated carbocycles. The topological polar surface area (TPSA) is 49.4 Å². The molecule has 0 aromatic heterocycles. The Kier molecular flexibility index (Phi) is 2.48. The van der Waals surface area contributed by atoms with Crippen LogP contribution in [0.3, 0.4) is 0 Å². The number of carbonyl (C=O) groups is 2. The van der Waals surface area contributed by atoms with Crippen molar-refractivity contribution < 1.29 is 9.59 Å². The maximum atomic E-state index is 11.6. The van der Waals surface area contributed by atoms with E-state index in [1.807, 2.05) is 0 Å². The van der Waals surface area contributed by atoms with Crippen LogP contribution in [0.1, 0.15) is 10.4 Å². The zero-order valence-electron chi connectivity index (χ0n) is 8.08. The highest BCUT2D eigenvalue weighted by Crippen LogP contribution is 2.25. The van der Waals surface area contributed by atoms with Crippen molar-refractivity contribution in [1.29, 1.82) is 0 Å². The Morgan fingerprint density at radius 3 is 2.87 bits per heavy atom. The average Bonchev–Trinajstić information content (AvgIpc) is 2.32. The van der Waals surface area contributed by atoms with Crippen molar-refractivity contribution in [3.05, 3.63) is 28.2 Å². The van der Waals surface area contributed by atoms with Crippen LogP contribution in [0.25, 0.3) is 0 Å². The Labute approximate surface area is 95.4 Å². The number of nitrogens with one attached hydrogen (secondary N) is 1. The number of anilines is 1. The molecule has 0 aliphatic carbocycles. The second-order valence-corrected chi connectivity index (χ2v) is 4.21. The second kappa shape index (κ2) is 3.66. The minimum Gasteiger partial charge on any atom is -0.343 e. The van der Waals surface area contributed by atoms with Crippen LogP contribution in [-0.4, -0.2) is 25.4 Å². The van der Waals surface area contributed by atoms with E-state index in [4.69, 9.17) is 0 Å². The Hall–Kier alpha value is -1.36. The van der Waals surface area contributed by atoms with Crippen LogP contribution in [0.2, 0.25) is 0 Å². The lowest BCUT2D eigenvalue weighted by atomic mass is 10.1. The van der Waals surface area contributed by atoms with Gasteiger partial charge in [-0.1, -0.05) is 15.9 Å². The fraction of sp³-hybridized carbons (Fsp3) is 0.200. The summed E-state index contributed by atoms with van der Waals surface area (Å²) in [5, 5.41) is 2.55. The summed E-state index contributed by atoms with van der Waals surface area (Å²) in [5.41, 5.74) is 1.15. The number of carbonyl (C=O) groups excluding carboxylic acids is 2. The maximum absolute atomic E-state index is 11.6. The number of hydrogen-bond acceptors (Lipinski definition) is 2. The minimum absolute atomic E-state index is 0.0433. The Bertz CT molecular complexity index is 445. The van der Waals surface area contributed by atoms with Gasteiger partial charge in [-0.15, -0.1) is 0 Å². The molecule has 0 bridgehead atoms. The van der Waals surface area contributed by atoms with Crippen LogP contribution in [0.4, 0.5) is 5.69 Å². The van der Waals surface area contributed by atoms with E-state index in [1.165, 1.54) is 4.90 Å². The molecule has 0 spiro atoms. The number of halogens is 1. The van der Waals surface area contributed by atoms with Gasteiger partial charge in [-0.3, -0.25) is 9.59 Å². The largest absolute Gasteiger partial charge is 0.343 e. The highest BCUT2D eigenvalue weighted by Gasteiger charge is 2.23. The van der Waals surface area contributed by atoms with Crippen molar-refractivity contribution in [3.63, 3.8) is 0 Å². The van der Waals surface area contributed by atoms with Gasteiger partial charge in [0.05, 0.1) is 17.8 Å². The average molecular weight is 269 g/mol. The molecule has 0 atom stereocenters. The molecule has 78 valence electrons. The summed E-state index contributed by atoms with van der Waals surface area (Å²) < 4.78 is 0.843. The SMILES string of the molecule is CN1C(=O)CNC(=O)c2ccc(Br)cc21. The van der Waals surface area contributed by atoms with Crippen molar-refractivity contribution in [1.82, 2.24) is 5.32 Å². The highest BCUT2D eigenvalue weighted by atomic mass is 79.9. The molecule has 1 aliphatic heterocycles. The molecule has 0 unspecified atom stereocenters. The van der Waals surface area contributed by atoms with Gasteiger partial charge in [0.1, 0.15) is 0 Å². The van der Waals surface area contributed by atoms with Crippen LogP contribution in [0.5, 0.6) is 0 Å². The molecule has 1 aromatic rings. The molecule has 1 heterocycles. The number of hydrogen-bond donors (Lipinski definition) is 1. The number of benzene rings is 1. The van der Waals surface area contributed by atoms with Gasteiger partial charge in [-0.25, -0.2) is 0 Å². The first-order chi connectivity index (χ1) is 7.09. The molecule has 0 saturated heterocycles. The van der Waals surface area contributed by atoms with E-state index in [0.717, 1.165) is 4.47 Å². The van der Waals surface area contributed by atoms with Gasteiger partial charge < -0.3 is 10.2 Å². The molecule has 1 aromatic carbocycles. The van der Waals surface area contributed by atoms with E-state index in [-0.39, 0.29) is 18.4 Å². The molecular weight excluding hydrogens is 260 g/mol. The highest BCUT2D eigenvalue weighted by molar-refractivity contribution is 9.10. The standard InChI is InChI=1S/C10H9BrN2O2/c1-13-8-4-6(11)2-3-7(8)10(15)12-5-9(13)14/h2-4H,5H2,1H3,(H,12,15). The number of amides is 2. The first-order valence-electron chi connectivity index (χ1n) is 4.44. The van der Waals surface area contributed by atoms with Gasteiger partial charge in [-0.05, 0) is 18.2 Å². The predicted octanol–water partition coefficient (Wildman–Crippen LogP) is 1.16. The Morgan fingerprint density at radius 1 is 1.40 bits per heavy atom. The van der Waals surface area contributed by atoms with Crippen molar-refractivity contribution in [2.75, 3.05) is 18.5 Å². The first-order valence-corrected chi connectivity index (χ1v) is 5.23. The lowest BCUT2D eigenvalue weighted by Gasteiger charge is -2.16. The predicted molar refractivity (Wildman–Crippen MR) is 59.9 cm³/mol. The minimum atomic E-state index is -0.213. The number of nitrogens with zero attached hydrogens (tertiary/aromatic N) is 1. The summed E-state index contributed by atoms with van der Waals surface area (Å²) in [6.07, 6.45) is 0. The molecule has 0 radical (unpaired) electrons. The molecule has 4 nitrogen and oxygen atoms in total. The van der Waals surface area contributed by atoms with E-state index < -0.39 is 0 Å². The van der Waals surface area contributed by atoms with Gasteiger partial charge in [0.2, 0.25) is 5.91 Å². The van der Waals surface area contributed by atoms with E-state index in [2.05, 4.69) is 21.2 Å². The van der Waals surface area contributed by atoms with E-state index in [1.54, 1.807) is 25.2 Å². The number of rotatable bonds is 0. The molecule has 15 heavy (non-hydrogen) atoms. The summed E-state index contributed by atoms with van der Waals surface area (Å²) >= 11 is 3.31. The van der Waals surface area contributed by atoms with Crippen molar-refractivity contribution in [2.24, 2.45) is 0 Å². The van der Waals surface area contributed by atoms with E-state index >= 15 is 0 Å². The monoisotopic (exact) mass is 268 g/mol. The summed E-state index contributed by atoms with van der Waals surface area (Å²) in [4.78, 5) is 24.6. The molecular formula is C10H9BrN2O2. The quantitative estimate of drug-likeness (QED) is 0.768. The maximum Gasteiger partial charge on any atom is 0.253 e. The van der Waals surface area contributed by atoms with Crippen molar-refractivity contribution in [3.8, 4) is 0 Å².